The lowest BCUT2D eigenvalue weighted by molar-refractivity contribution is -0.117. The Morgan fingerprint density at radius 3 is 2.67 bits per heavy atom. The van der Waals surface area contributed by atoms with Crippen molar-refractivity contribution in [2.75, 3.05) is 12.4 Å². The lowest BCUT2D eigenvalue weighted by Crippen LogP contribution is -2.37. The van der Waals surface area contributed by atoms with E-state index in [1.807, 2.05) is 18.2 Å². The van der Waals surface area contributed by atoms with Crippen molar-refractivity contribution in [2.45, 2.75) is 32.9 Å². The molecule has 2 N–H and O–H groups in total. The monoisotopic (exact) mass is 248 g/mol. The molecule has 0 fully saturated rings. The smallest absolute Gasteiger partial charge is 0.246 e. The molecule has 1 aromatic carbocycles. The van der Waals surface area contributed by atoms with Gasteiger partial charge in [-0.1, -0.05) is 13.8 Å². The van der Waals surface area contributed by atoms with Crippen molar-refractivity contribution in [3.8, 4) is 5.75 Å². The van der Waals surface area contributed by atoms with Crippen LogP contribution in [0.25, 0.3) is 0 Å². The van der Waals surface area contributed by atoms with E-state index in [1.165, 1.54) is 0 Å². The molecule has 0 radical (unpaired) electrons. The van der Waals surface area contributed by atoms with E-state index in [9.17, 15) is 4.79 Å². The highest BCUT2D eigenvalue weighted by molar-refractivity contribution is 6.02. The molecule has 2 rings (SSSR count). The second kappa shape index (κ2) is 4.98. The summed E-state index contributed by atoms with van der Waals surface area (Å²) >= 11 is 0. The Morgan fingerprint density at radius 2 is 2.06 bits per heavy atom. The van der Waals surface area contributed by atoms with Crippen LogP contribution in [0.1, 0.15) is 32.4 Å². The fraction of sp³-hybridized carbons (Fsp3) is 0.500. The molecule has 0 saturated carbocycles. The largest absolute Gasteiger partial charge is 0.497 e. The Kier molecular flexibility index (Phi) is 3.57. The first-order valence-electron chi connectivity index (χ1n) is 6.27. The Balaban J connectivity index is 2.26. The number of rotatable bonds is 4. The van der Waals surface area contributed by atoms with Crippen LogP contribution in [0.3, 0.4) is 0 Å². The predicted octanol–water partition coefficient (Wildman–Crippen LogP) is 2.32. The maximum atomic E-state index is 12.0. The van der Waals surface area contributed by atoms with Gasteiger partial charge in [0.2, 0.25) is 5.91 Å². The number of methoxy groups -OCH3 is 1. The summed E-state index contributed by atoms with van der Waals surface area (Å²) in [6.45, 7) is 6.37. The highest BCUT2D eigenvalue weighted by Gasteiger charge is 2.32. The Hall–Kier alpha value is -1.55. The second-order valence-corrected chi connectivity index (χ2v) is 5.07. The minimum Gasteiger partial charge on any atom is -0.497 e. The number of carbonyl (C=O) groups is 1. The predicted molar refractivity (Wildman–Crippen MR) is 71.8 cm³/mol. The molecule has 2 unspecified atom stereocenters. The first-order chi connectivity index (χ1) is 8.52. The molecule has 0 aliphatic carbocycles. The van der Waals surface area contributed by atoms with Crippen LogP contribution < -0.4 is 15.4 Å². The van der Waals surface area contributed by atoms with Crippen molar-refractivity contribution in [3.05, 3.63) is 23.8 Å². The fourth-order valence-corrected chi connectivity index (χ4v) is 1.99. The average Bonchev–Trinajstić information content (AvgIpc) is 2.65. The van der Waals surface area contributed by atoms with E-state index in [1.54, 1.807) is 7.11 Å². The number of fused-ring (bicyclic) bond motifs is 1. The topological polar surface area (TPSA) is 50.4 Å². The lowest BCUT2D eigenvalue weighted by Gasteiger charge is -2.21. The first kappa shape index (κ1) is 12.9. The summed E-state index contributed by atoms with van der Waals surface area (Å²) < 4.78 is 5.21. The average molecular weight is 248 g/mol. The standard InChI is InChI=1S/C14H20N2O2/c1-8(2)9(3)15-13-11-7-10(18-4)5-6-12(11)16-14(13)17/h5-9,13,15H,1-4H3,(H,16,17). The first-order valence-corrected chi connectivity index (χ1v) is 6.27. The maximum absolute atomic E-state index is 12.0. The highest BCUT2D eigenvalue weighted by atomic mass is 16.5. The number of hydrogen-bond donors (Lipinski definition) is 2. The highest BCUT2D eigenvalue weighted by Crippen LogP contribution is 2.34. The third-order valence-corrected chi connectivity index (χ3v) is 3.52. The molecule has 0 aromatic heterocycles. The van der Waals surface area contributed by atoms with Crippen LogP contribution in [-0.4, -0.2) is 19.1 Å². The molecule has 2 atom stereocenters. The van der Waals surface area contributed by atoms with Gasteiger partial charge in [0.05, 0.1) is 7.11 Å². The van der Waals surface area contributed by atoms with Crippen LogP contribution in [0.4, 0.5) is 5.69 Å². The van der Waals surface area contributed by atoms with Crippen molar-refractivity contribution in [1.82, 2.24) is 5.32 Å². The molecule has 0 bridgehead atoms. The molecule has 1 aliphatic rings. The number of nitrogens with one attached hydrogen (secondary N) is 2. The van der Waals surface area contributed by atoms with Crippen molar-refractivity contribution >= 4 is 11.6 Å². The van der Waals surface area contributed by atoms with Crippen LogP contribution in [0, 0.1) is 5.92 Å². The zero-order chi connectivity index (χ0) is 13.3. The Bertz CT molecular complexity index is 457. The molecule has 98 valence electrons. The normalized spacial score (nSPS) is 19.6. The van der Waals surface area contributed by atoms with E-state index in [4.69, 9.17) is 4.74 Å². The van der Waals surface area contributed by atoms with Gasteiger partial charge in [-0.15, -0.1) is 0 Å². The number of anilines is 1. The Morgan fingerprint density at radius 1 is 1.33 bits per heavy atom. The van der Waals surface area contributed by atoms with E-state index in [-0.39, 0.29) is 18.0 Å². The van der Waals surface area contributed by atoms with Crippen LogP contribution in [-0.2, 0) is 4.79 Å². The fourth-order valence-electron chi connectivity index (χ4n) is 1.99. The van der Waals surface area contributed by atoms with Crippen LogP contribution in [0.5, 0.6) is 5.75 Å². The Labute approximate surface area is 108 Å². The third kappa shape index (κ3) is 2.34. The van der Waals surface area contributed by atoms with Gasteiger partial charge in [0, 0.05) is 17.3 Å². The molecule has 1 amide bonds. The van der Waals surface area contributed by atoms with Gasteiger partial charge in [-0.3, -0.25) is 10.1 Å². The second-order valence-electron chi connectivity index (χ2n) is 5.07. The zero-order valence-electron chi connectivity index (χ0n) is 11.3. The van der Waals surface area contributed by atoms with Gasteiger partial charge < -0.3 is 10.1 Å². The molecular weight excluding hydrogens is 228 g/mol. The van der Waals surface area contributed by atoms with Crippen molar-refractivity contribution in [1.29, 1.82) is 0 Å². The van der Waals surface area contributed by atoms with Gasteiger partial charge >= 0.3 is 0 Å². The quantitative estimate of drug-likeness (QED) is 0.859. The number of benzene rings is 1. The summed E-state index contributed by atoms with van der Waals surface area (Å²) in [5.74, 6) is 1.26. The van der Waals surface area contributed by atoms with Gasteiger partial charge in [0.15, 0.2) is 0 Å². The SMILES string of the molecule is COc1ccc2c(c1)C(NC(C)C(C)C)C(=O)N2. The summed E-state index contributed by atoms with van der Waals surface area (Å²) in [6.07, 6.45) is 0. The molecule has 1 aliphatic heterocycles. The van der Waals surface area contributed by atoms with E-state index in [0.29, 0.717) is 5.92 Å². The summed E-state index contributed by atoms with van der Waals surface area (Å²) in [5, 5.41) is 6.25. The summed E-state index contributed by atoms with van der Waals surface area (Å²) in [7, 11) is 1.63. The minimum absolute atomic E-state index is 0.00533. The molecule has 0 spiro atoms. The summed E-state index contributed by atoms with van der Waals surface area (Å²) in [4.78, 5) is 12.0. The van der Waals surface area contributed by atoms with Gasteiger partial charge in [-0.25, -0.2) is 0 Å². The number of ether oxygens (including phenoxy) is 1. The van der Waals surface area contributed by atoms with Crippen LogP contribution in [0.15, 0.2) is 18.2 Å². The zero-order valence-corrected chi connectivity index (χ0v) is 11.3. The molecule has 4 nitrogen and oxygen atoms in total. The van der Waals surface area contributed by atoms with E-state index in [2.05, 4.69) is 31.4 Å². The van der Waals surface area contributed by atoms with Crippen molar-refractivity contribution in [2.24, 2.45) is 5.92 Å². The van der Waals surface area contributed by atoms with Gasteiger partial charge in [0.1, 0.15) is 11.8 Å². The maximum Gasteiger partial charge on any atom is 0.246 e. The van der Waals surface area contributed by atoms with E-state index >= 15 is 0 Å². The van der Waals surface area contributed by atoms with Gasteiger partial charge in [-0.2, -0.15) is 0 Å². The van der Waals surface area contributed by atoms with Crippen molar-refractivity contribution < 1.29 is 9.53 Å². The van der Waals surface area contributed by atoms with Crippen LogP contribution in [0.2, 0.25) is 0 Å². The van der Waals surface area contributed by atoms with Gasteiger partial charge in [0.25, 0.3) is 0 Å². The molecule has 4 heteroatoms. The van der Waals surface area contributed by atoms with E-state index in [0.717, 1.165) is 17.0 Å². The molecule has 18 heavy (non-hydrogen) atoms. The molecule has 1 heterocycles. The number of amides is 1. The van der Waals surface area contributed by atoms with Crippen LogP contribution >= 0.6 is 0 Å². The molecular formula is C14H20N2O2. The third-order valence-electron chi connectivity index (χ3n) is 3.52. The number of carbonyl (C=O) groups excluding carboxylic acids is 1. The summed E-state index contributed by atoms with van der Waals surface area (Å²) in [5.41, 5.74) is 1.83. The van der Waals surface area contributed by atoms with Gasteiger partial charge in [-0.05, 0) is 31.0 Å². The molecule has 0 saturated heterocycles. The van der Waals surface area contributed by atoms with Crippen molar-refractivity contribution in [3.63, 3.8) is 0 Å². The van der Waals surface area contributed by atoms with E-state index < -0.39 is 0 Å². The summed E-state index contributed by atoms with van der Waals surface area (Å²) in [6, 6.07) is 5.64. The lowest BCUT2D eigenvalue weighted by atomic mass is 10.0. The molecule has 1 aromatic rings. The minimum atomic E-state index is -0.285. The number of hydrogen-bond acceptors (Lipinski definition) is 3.